The molecule has 1 atom stereocenters. The summed E-state index contributed by atoms with van der Waals surface area (Å²) in [6.07, 6.45) is 1.95. The van der Waals surface area contributed by atoms with E-state index in [-0.39, 0.29) is 22.8 Å². The third kappa shape index (κ3) is 5.58. The van der Waals surface area contributed by atoms with Gasteiger partial charge in [0.05, 0.1) is 6.26 Å². The van der Waals surface area contributed by atoms with E-state index < -0.39 is 10.1 Å². The fourth-order valence-corrected chi connectivity index (χ4v) is 2.90. The molecule has 0 aliphatic heterocycles. The zero-order valence-corrected chi connectivity index (χ0v) is 14.5. The van der Waals surface area contributed by atoms with Gasteiger partial charge in [-0.1, -0.05) is 40.7 Å². The lowest BCUT2D eigenvalue weighted by Gasteiger charge is -2.33. The van der Waals surface area contributed by atoms with Gasteiger partial charge in [-0.05, 0) is 41.4 Å². The van der Waals surface area contributed by atoms with Gasteiger partial charge in [-0.25, -0.2) is 0 Å². The Morgan fingerprint density at radius 1 is 1.24 bits per heavy atom. The Kier molecular flexibility index (Phi) is 5.31. The summed E-state index contributed by atoms with van der Waals surface area (Å²) in [7, 11) is -3.66. The molecule has 0 aromatic heterocycles. The van der Waals surface area contributed by atoms with Gasteiger partial charge < -0.3 is 9.29 Å². The second-order valence-electron chi connectivity index (χ2n) is 7.06. The zero-order valence-electron chi connectivity index (χ0n) is 13.7. The molecule has 0 fully saturated rings. The Labute approximate surface area is 128 Å². The quantitative estimate of drug-likeness (QED) is 0.837. The maximum Gasteiger partial charge on any atom is 0.306 e. The van der Waals surface area contributed by atoms with Gasteiger partial charge in [0.1, 0.15) is 0 Å². The average Bonchev–Trinajstić information content (AvgIpc) is 2.26. The van der Waals surface area contributed by atoms with Crippen LogP contribution in [0.25, 0.3) is 0 Å². The van der Waals surface area contributed by atoms with E-state index in [4.69, 9.17) is 4.18 Å². The van der Waals surface area contributed by atoms with Gasteiger partial charge in [-0.15, -0.1) is 0 Å². The van der Waals surface area contributed by atoms with Gasteiger partial charge in [-0.3, -0.25) is 0 Å². The van der Waals surface area contributed by atoms with Crippen molar-refractivity contribution in [2.75, 3.05) is 6.26 Å². The highest BCUT2D eigenvalue weighted by Gasteiger charge is 2.28. The van der Waals surface area contributed by atoms with Gasteiger partial charge in [0.15, 0.2) is 11.5 Å². The maximum absolute atomic E-state index is 11.3. The van der Waals surface area contributed by atoms with Crippen LogP contribution in [0, 0.1) is 11.3 Å². The second kappa shape index (κ2) is 6.26. The predicted octanol–water partition coefficient (Wildman–Crippen LogP) is 3.91. The summed E-state index contributed by atoms with van der Waals surface area (Å²) < 4.78 is 27.4. The number of phenols is 1. The highest BCUT2D eigenvalue weighted by molar-refractivity contribution is 7.86. The largest absolute Gasteiger partial charge is 0.504 e. The minimum Gasteiger partial charge on any atom is -0.504 e. The number of rotatable bonds is 5. The highest BCUT2D eigenvalue weighted by Crippen LogP contribution is 2.42. The molecule has 0 saturated carbocycles. The van der Waals surface area contributed by atoms with Gasteiger partial charge >= 0.3 is 10.1 Å². The minimum absolute atomic E-state index is 0.00648. The monoisotopic (exact) mass is 314 g/mol. The lowest BCUT2D eigenvalue weighted by Crippen LogP contribution is -2.20. The summed E-state index contributed by atoms with van der Waals surface area (Å²) in [6.45, 7) is 10.8. The van der Waals surface area contributed by atoms with Gasteiger partial charge in [0.25, 0.3) is 0 Å². The summed E-state index contributed by atoms with van der Waals surface area (Å²) in [4.78, 5) is 0. The van der Waals surface area contributed by atoms with Gasteiger partial charge in [0, 0.05) is 0 Å². The molecule has 5 heteroatoms. The molecule has 1 aromatic carbocycles. The van der Waals surface area contributed by atoms with E-state index in [0.29, 0.717) is 5.92 Å². The topological polar surface area (TPSA) is 63.6 Å². The summed E-state index contributed by atoms with van der Waals surface area (Å²) in [5.74, 6) is 0.594. The van der Waals surface area contributed by atoms with Crippen LogP contribution in [-0.2, 0) is 10.1 Å². The summed E-state index contributed by atoms with van der Waals surface area (Å²) in [6, 6.07) is 4.96. The van der Waals surface area contributed by atoms with Crippen LogP contribution in [0.5, 0.6) is 11.5 Å². The van der Waals surface area contributed by atoms with Crippen LogP contribution >= 0.6 is 0 Å². The molecule has 4 nitrogen and oxygen atoms in total. The molecule has 1 unspecified atom stereocenters. The van der Waals surface area contributed by atoms with E-state index in [1.165, 1.54) is 6.07 Å². The SMILES string of the molecule is CC(C)CC(c1ccc(O)c(OS(C)(=O)=O)c1)C(C)(C)C. The molecule has 0 aliphatic rings. The van der Waals surface area contributed by atoms with Crippen molar-refractivity contribution < 1.29 is 17.7 Å². The third-order valence-electron chi connectivity index (χ3n) is 3.38. The molecule has 0 spiro atoms. The summed E-state index contributed by atoms with van der Waals surface area (Å²) in [5, 5.41) is 9.78. The lowest BCUT2D eigenvalue weighted by atomic mass is 9.72. The Balaban J connectivity index is 3.24. The number of benzene rings is 1. The number of aromatic hydroxyl groups is 1. The van der Waals surface area contributed by atoms with Crippen LogP contribution in [0.3, 0.4) is 0 Å². The van der Waals surface area contributed by atoms with Gasteiger partial charge in [-0.2, -0.15) is 8.42 Å². The van der Waals surface area contributed by atoms with E-state index >= 15 is 0 Å². The molecule has 0 heterocycles. The molecule has 1 aromatic rings. The molecular weight excluding hydrogens is 288 g/mol. The van der Waals surface area contributed by atoms with Crippen molar-refractivity contribution in [3.05, 3.63) is 23.8 Å². The first-order valence-corrected chi connectivity index (χ1v) is 8.94. The zero-order chi connectivity index (χ0) is 16.4. The maximum atomic E-state index is 11.3. The molecular formula is C16H26O4S. The number of hydrogen-bond acceptors (Lipinski definition) is 4. The van der Waals surface area contributed by atoms with E-state index in [2.05, 4.69) is 34.6 Å². The first kappa shape index (κ1) is 17.8. The summed E-state index contributed by atoms with van der Waals surface area (Å²) >= 11 is 0. The standard InChI is InChI=1S/C16H26O4S/c1-11(2)9-13(16(3,4)5)12-7-8-14(17)15(10-12)20-21(6,18)19/h7-8,10-11,13,17H,9H2,1-6H3. The van der Waals surface area contributed by atoms with E-state index in [0.717, 1.165) is 18.2 Å². The highest BCUT2D eigenvalue weighted by atomic mass is 32.2. The van der Waals surface area contributed by atoms with Crippen LogP contribution in [-0.4, -0.2) is 19.8 Å². The molecule has 1 rings (SSSR count). The molecule has 21 heavy (non-hydrogen) atoms. The first-order chi connectivity index (χ1) is 9.40. The molecule has 120 valence electrons. The molecule has 0 amide bonds. The van der Waals surface area contributed by atoms with Crippen LogP contribution < -0.4 is 4.18 Å². The van der Waals surface area contributed by atoms with E-state index in [9.17, 15) is 13.5 Å². The van der Waals surface area contributed by atoms with Crippen LogP contribution in [0.2, 0.25) is 0 Å². The van der Waals surface area contributed by atoms with E-state index in [1.54, 1.807) is 6.07 Å². The van der Waals surface area contributed by atoms with Crippen LogP contribution in [0.15, 0.2) is 18.2 Å². The average molecular weight is 314 g/mol. The van der Waals surface area contributed by atoms with Crippen molar-refractivity contribution in [3.63, 3.8) is 0 Å². The molecule has 0 bridgehead atoms. The second-order valence-corrected chi connectivity index (χ2v) is 8.64. The van der Waals surface area contributed by atoms with Crippen molar-refractivity contribution in [1.82, 2.24) is 0 Å². The Bertz CT molecular complexity index is 583. The normalized spacial score (nSPS) is 14.2. The Morgan fingerprint density at radius 2 is 1.81 bits per heavy atom. The first-order valence-electron chi connectivity index (χ1n) is 7.12. The van der Waals surface area contributed by atoms with Crippen LogP contribution in [0.1, 0.15) is 52.5 Å². The summed E-state index contributed by atoms with van der Waals surface area (Å²) in [5.41, 5.74) is 1.01. The van der Waals surface area contributed by atoms with Crippen molar-refractivity contribution in [1.29, 1.82) is 0 Å². The predicted molar refractivity (Wildman–Crippen MR) is 85.2 cm³/mol. The van der Waals surface area contributed by atoms with Crippen molar-refractivity contribution >= 4 is 10.1 Å². The number of hydrogen-bond donors (Lipinski definition) is 1. The number of phenolic OH excluding ortho intramolecular Hbond substituents is 1. The smallest absolute Gasteiger partial charge is 0.306 e. The third-order valence-corrected chi connectivity index (χ3v) is 3.86. The van der Waals surface area contributed by atoms with Gasteiger partial charge in [0.2, 0.25) is 0 Å². The Morgan fingerprint density at radius 3 is 2.24 bits per heavy atom. The van der Waals surface area contributed by atoms with E-state index in [1.807, 2.05) is 6.07 Å². The van der Waals surface area contributed by atoms with Crippen molar-refractivity contribution in [3.8, 4) is 11.5 Å². The molecule has 0 saturated heterocycles. The Hall–Kier alpha value is -1.23. The van der Waals surface area contributed by atoms with Crippen molar-refractivity contribution in [2.24, 2.45) is 11.3 Å². The lowest BCUT2D eigenvalue weighted by molar-refractivity contribution is 0.279. The molecule has 0 aliphatic carbocycles. The minimum atomic E-state index is -3.66. The fraction of sp³-hybridized carbons (Fsp3) is 0.625. The molecule has 1 N–H and O–H groups in total. The molecule has 0 radical (unpaired) electrons. The fourth-order valence-electron chi connectivity index (χ4n) is 2.44. The van der Waals surface area contributed by atoms with Crippen LogP contribution in [0.4, 0.5) is 0 Å². The van der Waals surface area contributed by atoms with Crippen molar-refractivity contribution in [2.45, 2.75) is 47.0 Å².